The first-order valence-corrected chi connectivity index (χ1v) is 7.05. The topological polar surface area (TPSA) is 18.5 Å². The number of fused-ring (bicyclic) bond motifs is 1. The Morgan fingerprint density at radius 1 is 0.950 bits per heavy atom. The molecule has 0 N–H and O–H groups in total. The minimum Gasteiger partial charge on any atom is -0.486 e. The summed E-state index contributed by atoms with van der Waals surface area (Å²) in [6, 6.07) is 8.76. The van der Waals surface area contributed by atoms with E-state index >= 15 is 0 Å². The Kier molecular flexibility index (Phi) is 3.61. The van der Waals surface area contributed by atoms with Crippen molar-refractivity contribution in [3.05, 3.63) is 59.2 Å². The zero-order valence-electron chi connectivity index (χ0n) is 10.4. The van der Waals surface area contributed by atoms with E-state index in [4.69, 9.17) is 9.47 Å². The molecule has 0 amide bonds. The summed E-state index contributed by atoms with van der Waals surface area (Å²) < 4.78 is 38.0. The van der Waals surface area contributed by atoms with Crippen molar-refractivity contribution in [3.8, 4) is 11.5 Å². The molecule has 20 heavy (non-hydrogen) atoms. The van der Waals surface area contributed by atoms with Crippen LogP contribution in [0.25, 0.3) is 0 Å². The Bertz CT molecular complexity index is 646. The predicted molar refractivity (Wildman–Crippen MR) is 74.6 cm³/mol. The van der Waals surface area contributed by atoms with Gasteiger partial charge in [0.15, 0.2) is 11.5 Å². The number of hydrogen-bond donors (Lipinski definition) is 0. The van der Waals surface area contributed by atoms with Gasteiger partial charge in [-0.05, 0) is 35.9 Å². The van der Waals surface area contributed by atoms with Crippen molar-refractivity contribution in [2.75, 3.05) is 13.2 Å². The van der Waals surface area contributed by atoms with E-state index in [1.54, 1.807) is 18.2 Å². The highest BCUT2D eigenvalue weighted by Crippen LogP contribution is 2.38. The largest absolute Gasteiger partial charge is 0.486 e. The highest BCUT2D eigenvalue weighted by molar-refractivity contribution is 9.09. The van der Waals surface area contributed by atoms with E-state index in [1.165, 1.54) is 6.07 Å². The molecule has 2 nitrogen and oxygen atoms in total. The third kappa shape index (κ3) is 2.50. The van der Waals surface area contributed by atoms with E-state index < -0.39 is 16.5 Å². The van der Waals surface area contributed by atoms with Crippen LogP contribution in [0.2, 0.25) is 0 Å². The molecule has 1 atom stereocenters. The molecule has 2 aromatic rings. The van der Waals surface area contributed by atoms with Gasteiger partial charge in [-0.25, -0.2) is 8.78 Å². The van der Waals surface area contributed by atoms with Crippen LogP contribution in [0.4, 0.5) is 8.78 Å². The normalized spacial score (nSPS) is 14.9. The van der Waals surface area contributed by atoms with Crippen LogP contribution < -0.4 is 9.47 Å². The van der Waals surface area contributed by atoms with Crippen LogP contribution in [-0.4, -0.2) is 13.2 Å². The van der Waals surface area contributed by atoms with E-state index in [0.29, 0.717) is 24.7 Å². The highest BCUT2D eigenvalue weighted by atomic mass is 79.9. The zero-order valence-corrected chi connectivity index (χ0v) is 12.0. The summed E-state index contributed by atoms with van der Waals surface area (Å²) in [4.78, 5) is -0.450. The van der Waals surface area contributed by atoms with Crippen LogP contribution in [-0.2, 0) is 0 Å². The van der Waals surface area contributed by atoms with Gasteiger partial charge in [-0.15, -0.1) is 0 Å². The van der Waals surface area contributed by atoms with E-state index in [2.05, 4.69) is 15.9 Å². The highest BCUT2D eigenvalue weighted by Gasteiger charge is 2.19. The average Bonchev–Trinajstić information content (AvgIpc) is 2.48. The number of halogens is 3. The molecule has 0 bridgehead atoms. The third-order valence-corrected chi connectivity index (χ3v) is 4.11. The van der Waals surface area contributed by atoms with Gasteiger partial charge in [0.05, 0.1) is 4.83 Å². The van der Waals surface area contributed by atoms with Crippen LogP contribution in [0, 0.1) is 11.6 Å². The maximum atomic E-state index is 13.8. The van der Waals surface area contributed by atoms with Crippen molar-refractivity contribution < 1.29 is 18.3 Å². The summed E-state index contributed by atoms with van der Waals surface area (Å²) in [5.41, 5.74) is 1.03. The molecule has 0 spiro atoms. The standard InChI is InChI=1S/C15H11BrF2O2/c16-15(11-8-10(17)2-3-12(11)18)9-1-4-13-14(7-9)20-6-5-19-13/h1-4,7-8,15H,5-6H2. The first-order chi connectivity index (χ1) is 9.65. The molecular weight excluding hydrogens is 330 g/mol. The molecule has 5 heteroatoms. The number of ether oxygens (including phenoxy) is 2. The Hall–Kier alpha value is -1.62. The third-order valence-electron chi connectivity index (χ3n) is 3.09. The molecule has 0 fully saturated rings. The van der Waals surface area contributed by atoms with Gasteiger partial charge in [0, 0.05) is 5.56 Å². The molecule has 1 aliphatic heterocycles. The average molecular weight is 341 g/mol. The fourth-order valence-corrected chi connectivity index (χ4v) is 2.74. The minimum absolute atomic E-state index is 0.252. The molecule has 0 radical (unpaired) electrons. The second-order valence-corrected chi connectivity index (χ2v) is 5.35. The lowest BCUT2D eigenvalue weighted by molar-refractivity contribution is 0.171. The monoisotopic (exact) mass is 340 g/mol. The predicted octanol–water partition coefficient (Wildman–Crippen LogP) is 4.22. The van der Waals surface area contributed by atoms with Gasteiger partial charge in [-0.2, -0.15) is 0 Å². The Balaban J connectivity index is 1.97. The molecule has 1 heterocycles. The molecule has 0 saturated heterocycles. The van der Waals surface area contributed by atoms with Crippen molar-refractivity contribution in [2.45, 2.75) is 4.83 Å². The molecule has 1 aliphatic rings. The van der Waals surface area contributed by atoms with Gasteiger partial charge in [0.1, 0.15) is 24.8 Å². The summed E-state index contributed by atoms with van der Waals surface area (Å²) >= 11 is 3.40. The smallest absolute Gasteiger partial charge is 0.161 e. The Labute approximate surface area is 123 Å². The van der Waals surface area contributed by atoms with Crippen molar-refractivity contribution >= 4 is 15.9 Å². The fourth-order valence-electron chi connectivity index (χ4n) is 2.11. The summed E-state index contributed by atoms with van der Waals surface area (Å²) in [6.45, 7) is 1.00. The first kappa shape index (κ1) is 13.4. The molecule has 0 aromatic heterocycles. The molecule has 3 rings (SSSR count). The zero-order chi connectivity index (χ0) is 14.1. The second-order valence-electron chi connectivity index (χ2n) is 4.43. The fraction of sp³-hybridized carbons (Fsp3) is 0.200. The maximum absolute atomic E-state index is 13.8. The van der Waals surface area contributed by atoms with Crippen LogP contribution >= 0.6 is 15.9 Å². The van der Waals surface area contributed by atoms with Gasteiger partial charge in [0.25, 0.3) is 0 Å². The van der Waals surface area contributed by atoms with E-state index in [9.17, 15) is 8.78 Å². The van der Waals surface area contributed by atoms with Crippen LogP contribution in [0.5, 0.6) is 11.5 Å². The van der Waals surface area contributed by atoms with Gasteiger partial charge in [-0.1, -0.05) is 22.0 Å². The van der Waals surface area contributed by atoms with Crippen LogP contribution in [0.15, 0.2) is 36.4 Å². The first-order valence-electron chi connectivity index (χ1n) is 6.14. The van der Waals surface area contributed by atoms with Crippen molar-refractivity contribution in [2.24, 2.45) is 0 Å². The Morgan fingerprint density at radius 3 is 2.50 bits per heavy atom. The van der Waals surface area contributed by atoms with E-state index in [0.717, 1.165) is 17.7 Å². The summed E-state index contributed by atoms with van der Waals surface area (Å²) in [5, 5.41) is 0. The lowest BCUT2D eigenvalue weighted by Crippen LogP contribution is -2.15. The minimum atomic E-state index is -0.469. The molecule has 1 unspecified atom stereocenters. The van der Waals surface area contributed by atoms with Gasteiger partial charge < -0.3 is 9.47 Å². The summed E-state index contributed by atoms with van der Waals surface area (Å²) in [6.07, 6.45) is 0. The lowest BCUT2D eigenvalue weighted by Gasteiger charge is -2.20. The molecular formula is C15H11BrF2O2. The lowest BCUT2D eigenvalue weighted by atomic mass is 10.0. The maximum Gasteiger partial charge on any atom is 0.161 e. The summed E-state index contributed by atoms with van der Waals surface area (Å²) in [7, 11) is 0. The SMILES string of the molecule is Fc1ccc(F)c(C(Br)c2ccc3c(c2)OCCO3)c1. The van der Waals surface area contributed by atoms with Crippen molar-refractivity contribution in [3.63, 3.8) is 0 Å². The van der Waals surface area contributed by atoms with E-state index in [-0.39, 0.29) is 5.56 Å². The van der Waals surface area contributed by atoms with Gasteiger partial charge >= 0.3 is 0 Å². The van der Waals surface area contributed by atoms with Crippen LogP contribution in [0.1, 0.15) is 16.0 Å². The Morgan fingerprint density at radius 2 is 1.70 bits per heavy atom. The van der Waals surface area contributed by atoms with Gasteiger partial charge in [-0.3, -0.25) is 0 Å². The number of rotatable bonds is 2. The van der Waals surface area contributed by atoms with Crippen LogP contribution in [0.3, 0.4) is 0 Å². The molecule has 0 saturated carbocycles. The number of hydrogen-bond acceptors (Lipinski definition) is 2. The molecule has 0 aliphatic carbocycles. The second kappa shape index (κ2) is 5.40. The number of alkyl halides is 1. The molecule has 2 aromatic carbocycles. The van der Waals surface area contributed by atoms with Crippen molar-refractivity contribution in [1.29, 1.82) is 0 Å². The van der Waals surface area contributed by atoms with Crippen molar-refractivity contribution in [1.82, 2.24) is 0 Å². The quantitative estimate of drug-likeness (QED) is 0.762. The number of benzene rings is 2. The summed E-state index contributed by atoms with van der Waals surface area (Å²) in [5.74, 6) is 0.362. The molecule has 104 valence electrons. The van der Waals surface area contributed by atoms with E-state index in [1.807, 2.05) is 0 Å². The van der Waals surface area contributed by atoms with Gasteiger partial charge in [0.2, 0.25) is 0 Å².